The highest BCUT2D eigenvalue weighted by atomic mass is 79.9. The van der Waals surface area contributed by atoms with Gasteiger partial charge in [0.1, 0.15) is 18.2 Å². The van der Waals surface area contributed by atoms with Crippen LogP contribution in [-0.2, 0) is 11.8 Å². The van der Waals surface area contributed by atoms with Crippen molar-refractivity contribution in [2.45, 2.75) is 6.04 Å². The molecular weight excluding hydrogens is 328 g/mol. The second-order valence-electron chi connectivity index (χ2n) is 4.46. The van der Waals surface area contributed by atoms with Gasteiger partial charge in [-0.25, -0.2) is 4.98 Å². The topological polar surface area (TPSA) is 88.9 Å². The van der Waals surface area contributed by atoms with Gasteiger partial charge in [-0.15, -0.1) is 0 Å². The second-order valence-corrected chi connectivity index (χ2v) is 5.31. The van der Waals surface area contributed by atoms with Crippen LogP contribution in [0.3, 0.4) is 0 Å². The quantitative estimate of drug-likeness (QED) is 0.860. The molecule has 0 aliphatic carbocycles. The fourth-order valence-corrected chi connectivity index (χ4v) is 2.73. The number of aryl methyl sites for hydroxylation is 1. The normalized spacial score (nSPS) is 19.3. The number of nitrogens with one attached hydrogen (secondary N) is 1. The predicted octanol–water partition coefficient (Wildman–Crippen LogP) is 0.514. The Bertz CT molecular complexity index is 610. The summed E-state index contributed by atoms with van der Waals surface area (Å²) in [7, 11) is 1.77. The van der Waals surface area contributed by atoms with Crippen LogP contribution in [0.4, 0.5) is 0 Å². The minimum atomic E-state index is -0.271. The lowest BCUT2D eigenvalue weighted by atomic mass is 10.2. The zero-order valence-corrected chi connectivity index (χ0v) is 12.4. The molecule has 1 fully saturated rings. The first-order chi connectivity index (χ1) is 9.66. The molecule has 3 rings (SSSR count). The van der Waals surface area contributed by atoms with Crippen LogP contribution in [0.1, 0.15) is 22.4 Å². The van der Waals surface area contributed by atoms with Crippen LogP contribution in [-0.4, -0.2) is 55.5 Å². The predicted molar refractivity (Wildman–Crippen MR) is 71.9 cm³/mol. The van der Waals surface area contributed by atoms with Crippen molar-refractivity contribution < 1.29 is 9.53 Å². The molecular formula is C11H13BrN6O2. The molecule has 2 aromatic heterocycles. The van der Waals surface area contributed by atoms with Crippen molar-refractivity contribution in [1.82, 2.24) is 29.9 Å². The lowest BCUT2D eigenvalue weighted by Crippen LogP contribution is -2.44. The van der Waals surface area contributed by atoms with Crippen LogP contribution in [0.5, 0.6) is 0 Å². The van der Waals surface area contributed by atoms with Crippen molar-refractivity contribution >= 4 is 21.8 Å². The summed E-state index contributed by atoms with van der Waals surface area (Å²) in [4.78, 5) is 18.5. The van der Waals surface area contributed by atoms with E-state index in [0.29, 0.717) is 35.7 Å². The number of amides is 1. The average molecular weight is 341 g/mol. The third-order valence-corrected chi connectivity index (χ3v) is 3.71. The fourth-order valence-electron chi connectivity index (χ4n) is 2.19. The Balaban J connectivity index is 1.90. The van der Waals surface area contributed by atoms with Gasteiger partial charge in [0.25, 0.3) is 5.91 Å². The van der Waals surface area contributed by atoms with Crippen LogP contribution in [0.25, 0.3) is 0 Å². The molecule has 1 N–H and O–H groups in total. The molecule has 9 heteroatoms. The summed E-state index contributed by atoms with van der Waals surface area (Å²) >= 11 is 3.36. The number of aromatic amines is 1. The number of H-pyrrole nitrogens is 1. The number of ether oxygens (including phenoxy) is 1. The number of rotatable bonds is 2. The van der Waals surface area contributed by atoms with E-state index in [9.17, 15) is 4.79 Å². The van der Waals surface area contributed by atoms with Gasteiger partial charge >= 0.3 is 0 Å². The standard InChI is InChI=1S/C11H13BrN6O2/c1-17-4-7(12)9(16-17)11(19)18-2-3-20-5-8(18)10-13-6-14-15-10/h4,6,8H,2-3,5H2,1H3,(H,13,14,15). The number of carbonyl (C=O) groups is 1. The summed E-state index contributed by atoms with van der Waals surface area (Å²) in [5.41, 5.74) is 0.388. The molecule has 8 nitrogen and oxygen atoms in total. The minimum absolute atomic E-state index is 0.151. The lowest BCUT2D eigenvalue weighted by molar-refractivity contribution is -0.00550. The van der Waals surface area contributed by atoms with Crippen molar-refractivity contribution in [3.8, 4) is 0 Å². The van der Waals surface area contributed by atoms with Crippen molar-refractivity contribution in [2.75, 3.05) is 19.8 Å². The van der Waals surface area contributed by atoms with Crippen molar-refractivity contribution in [3.63, 3.8) is 0 Å². The Kier molecular flexibility index (Phi) is 3.53. The average Bonchev–Trinajstić information content (AvgIpc) is 3.07. The SMILES string of the molecule is Cn1cc(Br)c(C(=O)N2CCOCC2c2ncn[nH]2)n1. The van der Waals surface area contributed by atoms with Crippen LogP contribution in [0.2, 0.25) is 0 Å². The van der Waals surface area contributed by atoms with E-state index < -0.39 is 0 Å². The van der Waals surface area contributed by atoms with E-state index in [1.54, 1.807) is 22.8 Å². The third-order valence-electron chi connectivity index (χ3n) is 3.13. The van der Waals surface area contributed by atoms with Crippen LogP contribution in [0.15, 0.2) is 17.0 Å². The molecule has 0 bridgehead atoms. The van der Waals surface area contributed by atoms with Gasteiger partial charge in [0.05, 0.1) is 17.7 Å². The Morgan fingerprint density at radius 1 is 1.60 bits per heavy atom. The molecule has 2 aromatic rings. The van der Waals surface area contributed by atoms with Crippen LogP contribution >= 0.6 is 15.9 Å². The summed E-state index contributed by atoms with van der Waals surface area (Å²) in [6.45, 7) is 1.39. The molecule has 0 radical (unpaired) electrons. The molecule has 20 heavy (non-hydrogen) atoms. The molecule has 1 saturated heterocycles. The van der Waals surface area contributed by atoms with E-state index >= 15 is 0 Å². The minimum Gasteiger partial charge on any atom is -0.377 e. The van der Waals surface area contributed by atoms with Gasteiger partial charge in [-0.2, -0.15) is 10.2 Å². The Hall–Kier alpha value is -1.74. The van der Waals surface area contributed by atoms with E-state index in [2.05, 4.69) is 36.2 Å². The molecule has 0 saturated carbocycles. The van der Waals surface area contributed by atoms with E-state index in [1.165, 1.54) is 6.33 Å². The van der Waals surface area contributed by atoms with Gasteiger partial charge in [0.2, 0.25) is 0 Å². The molecule has 106 valence electrons. The van der Waals surface area contributed by atoms with Gasteiger partial charge in [-0.1, -0.05) is 0 Å². The smallest absolute Gasteiger partial charge is 0.276 e. The molecule has 1 aliphatic heterocycles. The van der Waals surface area contributed by atoms with E-state index in [1.807, 2.05) is 0 Å². The maximum atomic E-state index is 12.6. The number of hydrogen-bond donors (Lipinski definition) is 1. The highest BCUT2D eigenvalue weighted by Crippen LogP contribution is 2.25. The molecule has 0 spiro atoms. The summed E-state index contributed by atoms with van der Waals surface area (Å²) in [5.74, 6) is 0.465. The van der Waals surface area contributed by atoms with Gasteiger partial charge in [-0.05, 0) is 15.9 Å². The maximum Gasteiger partial charge on any atom is 0.276 e. The third kappa shape index (κ3) is 2.34. The van der Waals surface area contributed by atoms with Gasteiger partial charge in [0.15, 0.2) is 5.69 Å². The number of halogens is 1. The van der Waals surface area contributed by atoms with Crippen molar-refractivity contribution in [3.05, 3.63) is 28.5 Å². The number of nitrogens with zero attached hydrogens (tertiary/aromatic N) is 5. The van der Waals surface area contributed by atoms with Gasteiger partial charge < -0.3 is 9.64 Å². The Morgan fingerprint density at radius 3 is 3.10 bits per heavy atom. The molecule has 1 amide bonds. The van der Waals surface area contributed by atoms with Gasteiger partial charge in [-0.3, -0.25) is 14.6 Å². The zero-order valence-electron chi connectivity index (χ0n) is 10.8. The fraction of sp³-hybridized carbons (Fsp3) is 0.455. The van der Waals surface area contributed by atoms with Crippen molar-refractivity contribution in [2.24, 2.45) is 7.05 Å². The molecule has 0 aromatic carbocycles. The monoisotopic (exact) mass is 340 g/mol. The highest BCUT2D eigenvalue weighted by Gasteiger charge is 2.33. The molecule has 1 aliphatic rings. The second kappa shape index (κ2) is 5.33. The lowest BCUT2D eigenvalue weighted by Gasteiger charge is -2.33. The number of carbonyl (C=O) groups excluding carboxylic acids is 1. The molecule has 1 atom stereocenters. The first-order valence-corrected chi connectivity index (χ1v) is 6.89. The van der Waals surface area contributed by atoms with Crippen LogP contribution < -0.4 is 0 Å². The van der Waals surface area contributed by atoms with E-state index in [4.69, 9.17) is 4.74 Å². The number of hydrogen-bond acceptors (Lipinski definition) is 5. The Morgan fingerprint density at radius 2 is 2.45 bits per heavy atom. The Labute approximate surface area is 123 Å². The summed E-state index contributed by atoms with van der Waals surface area (Å²) < 4.78 is 7.71. The van der Waals surface area contributed by atoms with Crippen LogP contribution in [0, 0.1) is 0 Å². The first kappa shape index (κ1) is 13.3. The summed E-state index contributed by atoms with van der Waals surface area (Å²) in [6.07, 6.45) is 3.17. The number of morpholine rings is 1. The zero-order chi connectivity index (χ0) is 14.1. The van der Waals surface area contributed by atoms with E-state index in [0.717, 1.165) is 0 Å². The highest BCUT2D eigenvalue weighted by molar-refractivity contribution is 9.10. The summed E-state index contributed by atoms with van der Waals surface area (Å²) in [6, 6.07) is -0.271. The molecule has 3 heterocycles. The first-order valence-electron chi connectivity index (χ1n) is 6.10. The maximum absolute atomic E-state index is 12.6. The van der Waals surface area contributed by atoms with E-state index in [-0.39, 0.29) is 11.9 Å². The summed E-state index contributed by atoms with van der Waals surface area (Å²) in [5, 5.41) is 10.8. The van der Waals surface area contributed by atoms with Gasteiger partial charge in [0, 0.05) is 19.8 Å². The largest absolute Gasteiger partial charge is 0.377 e. The molecule has 1 unspecified atom stereocenters. The number of aromatic nitrogens is 5. The van der Waals surface area contributed by atoms with Crippen molar-refractivity contribution in [1.29, 1.82) is 0 Å².